The summed E-state index contributed by atoms with van der Waals surface area (Å²) in [4.78, 5) is 12.6. The van der Waals surface area contributed by atoms with Crippen molar-refractivity contribution in [2.45, 2.75) is 31.5 Å². The number of aromatic nitrogens is 3. The van der Waals surface area contributed by atoms with Gasteiger partial charge in [-0.3, -0.25) is 9.36 Å². The number of hydrogen-bond donors (Lipinski definition) is 1. The predicted molar refractivity (Wildman–Crippen MR) is 123 cm³/mol. The summed E-state index contributed by atoms with van der Waals surface area (Å²) < 4.78 is 7.51. The molecule has 158 valence electrons. The van der Waals surface area contributed by atoms with Gasteiger partial charge in [-0.25, -0.2) is 0 Å². The highest BCUT2D eigenvalue weighted by Gasteiger charge is 2.18. The summed E-state index contributed by atoms with van der Waals surface area (Å²) in [5.41, 5.74) is 3.11. The minimum atomic E-state index is -0.0836. The average Bonchev–Trinajstić information content (AvgIpc) is 3.43. The molecule has 31 heavy (non-hydrogen) atoms. The standard InChI is InChI=1S/C24H24N4O2S/c1-17(2)19-10-6-11-20(14-19)25-22(29)16-31-24-27-26-23(21-12-7-13-30-21)28(24)15-18-8-4-3-5-9-18/h3-14,17H,15-16H2,1-2H3,(H,25,29). The molecule has 4 rings (SSSR count). The van der Waals surface area contributed by atoms with E-state index in [2.05, 4.69) is 47.6 Å². The molecule has 4 aromatic rings. The smallest absolute Gasteiger partial charge is 0.234 e. The number of carbonyl (C=O) groups is 1. The van der Waals surface area contributed by atoms with Crippen LogP contribution in [0.5, 0.6) is 0 Å². The molecule has 2 heterocycles. The number of furan rings is 1. The lowest BCUT2D eigenvalue weighted by Gasteiger charge is -2.11. The molecule has 1 amide bonds. The van der Waals surface area contributed by atoms with Crippen LogP contribution in [0.4, 0.5) is 5.69 Å². The minimum absolute atomic E-state index is 0.0836. The SMILES string of the molecule is CC(C)c1cccc(NC(=O)CSc2nnc(-c3ccco3)n2Cc2ccccc2)c1. The van der Waals surface area contributed by atoms with E-state index in [4.69, 9.17) is 4.42 Å². The summed E-state index contributed by atoms with van der Waals surface area (Å²) in [6.07, 6.45) is 1.61. The Balaban J connectivity index is 1.49. The zero-order valence-electron chi connectivity index (χ0n) is 17.5. The van der Waals surface area contributed by atoms with Crippen LogP contribution in [-0.4, -0.2) is 26.4 Å². The van der Waals surface area contributed by atoms with Gasteiger partial charge in [-0.2, -0.15) is 0 Å². The van der Waals surface area contributed by atoms with Crippen molar-refractivity contribution in [3.63, 3.8) is 0 Å². The van der Waals surface area contributed by atoms with Crippen LogP contribution < -0.4 is 5.32 Å². The maximum Gasteiger partial charge on any atom is 0.234 e. The van der Waals surface area contributed by atoms with Crippen LogP contribution in [-0.2, 0) is 11.3 Å². The van der Waals surface area contributed by atoms with Crippen molar-refractivity contribution in [3.8, 4) is 11.6 Å². The van der Waals surface area contributed by atoms with Gasteiger partial charge in [0.15, 0.2) is 10.9 Å². The van der Waals surface area contributed by atoms with E-state index in [1.54, 1.807) is 6.26 Å². The Kier molecular flexibility index (Phi) is 6.52. The van der Waals surface area contributed by atoms with Gasteiger partial charge in [0, 0.05) is 5.69 Å². The third-order valence-electron chi connectivity index (χ3n) is 4.81. The zero-order valence-corrected chi connectivity index (χ0v) is 18.3. The van der Waals surface area contributed by atoms with Crippen LogP contribution in [0.1, 0.15) is 30.9 Å². The molecule has 0 saturated heterocycles. The maximum absolute atomic E-state index is 12.6. The molecule has 0 radical (unpaired) electrons. The van der Waals surface area contributed by atoms with Gasteiger partial charge < -0.3 is 9.73 Å². The average molecular weight is 433 g/mol. The van der Waals surface area contributed by atoms with Crippen LogP contribution in [0, 0.1) is 0 Å². The van der Waals surface area contributed by atoms with Gasteiger partial charge in [0.05, 0.1) is 18.6 Å². The molecule has 0 bridgehead atoms. The lowest BCUT2D eigenvalue weighted by atomic mass is 10.0. The molecule has 7 heteroatoms. The molecule has 0 aliphatic heterocycles. The van der Waals surface area contributed by atoms with Crippen LogP contribution in [0.15, 0.2) is 82.6 Å². The van der Waals surface area contributed by atoms with Gasteiger partial charge in [-0.05, 0) is 41.3 Å². The van der Waals surface area contributed by atoms with E-state index in [0.29, 0.717) is 29.2 Å². The fourth-order valence-corrected chi connectivity index (χ4v) is 3.93. The second-order valence-corrected chi connectivity index (χ2v) is 8.41. The third kappa shape index (κ3) is 5.24. The van der Waals surface area contributed by atoms with Gasteiger partial charge in [-0.1, -0.05) is 68.1 Å². The largest absolute Gasteiger partial charge is 0.461 e. The lowest BCUT2D eigenvalue weighted by molar-refractivity contribution is -0.113. The summed E-state index contributed by atoms with van der Waals surface area (Å²) in [6.45, 7) is 4.85. The number of carbonyl (C=O) groups excluding carboxylic acids is 1. The molecular formula is C24H24N4O2S. The number of benzene rings is 2. The first-order valence-corrected chi connectivity index (χ1v) is 11.1. The second kappa shape index (κ2) is 9.66. The second-order valence-electron chi connectivity index (χ2n) is 7.47. The van der Waals surface area contributed by atoms with E-state index < -0.39 is 0 Å². The van der Waals surface area contributed by atoms with E-state index in [9.17, 15) is 4.79 Å². The highest BCUT2D eigenvalue weighted by Crippen LogP contribution is 2.26. The first kappa shape index (κ1) is 20.9. The highest BCUT2D eigenvalue weighted by atomic mass is 32.2. The summed E-state index contributed by atoms with van der Waals surface area (Å²) in [6, 6.07) is 21.7. The van der Waals surface area contributed by atoms with E-state index in [1.807, 2.05) is 53.1 Å². The van der Waals surface area contributed by atoms with Gasteiger partial charge in [0.25, 0.3) is 0 Å². The topological polar surface area (TPSA) is 73.0 Å². The number of anilines is 1. The molecule has 6 nitrogen and oxygen atoms in total. The Morgan fingerprint density at radius 3 is 2.65 bits per heavy atom. The Morgan fingerprint density at radius 1 is 1.06 bits per heavy atom. The Bertz CT molecular complexity index is 1140. The van der Waals surface area contributed by atoms with Crippen molar-refractivity contribution in [2.75, 3.05) is 11.1 Å². The van der Waals surface area contributed by atoms with Crippen molar-refractivity contribution in [1.29, 1.82) is 0 Å². The molecule has 0 fully saturated rings. The summed E-state index contributed by atoms with van der Waals surface area (Å²) in [5, 5.41) is 12.3. The van der Waals surface area contributed by atoms with E-state index in [-0.39, 0.29) is 11.7 Å². The number of hydrogen-bond acceptors (Lipinski definition) is 5. The Hall–Kier alpha value is -3.32. The fraction of sp³-hybridized carbons (Fsp3) is 0.208. The molecule has 0 aliphatic rings. The minimum Gasteiger partial charge on any atom is -0.461 e. The molecule has 0 unspecified atom stereocenters. The molecule has 0 saturated carbocycles. The van der Waals surface area contributed by atoms with Crippen LogP contribution in [0.2, 0.25) is 0 Å². The Labute approximate surface area is 185 Å². The van der Waals surface area contributed by atoms with Crippen molar-refractivity contribution >= 4 is 23.4 Å². The van der Waals surface area contributed by atoms with Crippen molar-refractivity contribution in [3.05, 3.63) is 84.1 Å². The number of nitrogens with one attached hydrogen (secondary N) is 1. The zero-order chi connectivity index (χ0) is 21.6. The first-order chi connectivity index (χ1) is 15.1. The third-order valence-corrected chi connectivity index (χ3v) is 5.78. The predicted octanol–water partition coefficient (Wildman–Crippen LogP) is 5.44. The first-order valence-electron chi connectivity index (χ1n) is 10.1. The quantitative estimate of drug-likeness (QED) is 0.375. The fourth-order valence-electron chi connectivity index (χ4n) is 3.19. The van der Waals surface area contributed by atoms with E-state index >= 15 is 0 Å². The number of rotatable bonds is 8. The van der Waals surface area contributed by atoms with Gasteiger partial charge in [0.2, 0.25) is 11.7 Å². The molecule has 1 N–H and O–H groups in total. The molecule has 0 atom stereocenters. The normalized spacial score (nSPS) is 11.1. The molecule has 0 spiro atoms. The molecule has 0 aliphatic carbocycles. The van der Waals surface area contributed by atoms with Crippen LogP contribution in [0.25, 0.3) is 11.6 Å². The molecular weight excluding hydrogens is 408 g/mol. The summed E-state index contributed by atoms with van der Waals surface area (Å²) in [5.74, 6) is 1.84. The lowest BCUT2D eigenvalue weighted by Crippen LogP contribution is -2.15. The van der Waals surface area contributed by atoms with Gasteiger partial charge >= 0.3 is 0 Å². The monoisotopic (exact) mass is 432 g/mol. The molecule has 2 aromatic heterocycles. The van der Waals surface area contributed by atoms with Crippen molar-refractivity contribution < 1.29 is 9.21 Å². The van der Waals surface area contributed by atoms with Gasteiger partial charge in [-0.15, -0.1) is 10.2 Å². The van der Waals surface area contributed by atoms with Crippen molar-refractivity contribution in [1.82, 2.24) is 14.8 Å². The Morgan fingerprint density at radius 2 is 1.90 bits per heavy atom. The number of amides is 1. The summed E-state index contributed by atoms with van der Waals surface area (Å²) >= 11 is 1.36. The maximum atomic E-state index is 12.6. The highest BCUT2D eigenvalue weighted by molar-refractivity contribution is 7.99. The van der Waals surface area contributed by atoms with Gasteiger partial charge in [0.1, 0.15) is 0 Å². The van der Waals surface area contributed by atoms with Crippen LogP contribution in [0.3, 0.4) is 0 Å². The van der Waals surface area contributed by atoms with Crippen LogP contribution >= 0.6 is 11.8 Å². The summed E-state index contributed by atoms with van der Waals surface area (Å²) in [7, 11) is 0. The van der Waals surface area contributed by atoms with Crippen molar-refractivity contribution in [2.24, 2.45) is 0 Å². The van der Waals surface area contributed by atoms with E-state index in [0.717, 1.165) is 11.3 Å². The number of nitrogens with zero attached hydrogens (tertiary/aromatic N) is 3. The number of thioether (sulfide) groups is 1. The van der Waals surface area contributed by atoms with E-state index in [1.165, 1.54) is 17.3 Å². The molecule has 2 aromatic carbocycles.